The Morgan fingerprint density at radius 2 is 1.96 bits per heavy atom. The SMILES string of the molecule is Cc1cccc(O[C@H](C)C(=O)Nc2ccc([N+](=O)[O-])cc2C)c1. The van der Waals surface area contributed by atoms with Gasteiger partial charge in [-0.25, -0.2) is 0 Å². The number of aryl methyl sites for hydroxylation is 2. The standard InChI is InChI=1S/C17H18N2O4/c1-11-5-4-6-15(9-11)23-13(3)17(20)18-16-8-7-14(19(21)22)10-12(16)2/h4-10,13H,1-3H3,(H,18,20)/t13-/m1/s1. The maximum absolute atomic E-state index is 12.2. The van der Waals surface area contributed by atoms with E-state index < -0.39 is 11.0 Å². The van der Waals surface area contributed by atoms with E-state index in [1.807, 2.05) is 25.1 Å². The summed E-state index contributed by atoms with van der Waals surface area (Å²) in [6.45, 7) is 5.30. The topological polar surface area (TPSA) is 81.5 Å². The second-order valence-corrected chi connectivity index (χ2v) is 5.32. The quantitative estimate of drug-likeness (QED) is 0.675. The van der Waals surface area contributed by atoms with Crippen molar-refractivity contribution in [1.82, 2.24) is 0 Å². The molecule has 6 nitrogen and oxygen atoms in total. The van der Waals surface area contributed by atoms with Gasteiger partial charge in [0.2, 0.25) is 0 Å². The average Bonchev–Trinajstić information content (AvgIpc) is 2.49. The van der Waals surface area contributed by atoms with Crippen molar-refractivity contribution in [2.45, 2.75) is 26.9 Å². The zero-order valence-electron chi connectivity index (χ0n) is 13.2. The molecule has 1 atom stereocenters. The molecule has 0 aromatic heterocycles. The van der Waals surface area contributed by atoms with Gasteiger partial charge >= 0.3 is 0 Å². The number of anilines is 1. The van der Waals surface area contributed by atoms with Crippen LogP contribution in [0.4, 0.5) is 11.4 Å². The van der Waals surface area contributed by atoms with Gasteiger partial charge in [0.1, 0.15) is 5.75 Å². The van der Waals surface area contributed by atoms with Gasteiger partial charge in [0.25, 0.3) is 11.6 Å². The van der Waals surface area contributed by atoms with Gasteiger partial charge in [0.05, 0.1) is 4.92 Å². The molecular weight excluding hydrogens is 296 g/mol. The molecule has 2 rings (SSSR count). The zero-order chi connectivity index (χ0) is 17.0. The van der Waals surface area contributed by atoms with Crippen LogP contribution in [0.15, 0.2) is 42.5 Å². The lowest BCUT2D eigenvalue weighted by Crippen LogP contribution is -2.30. The zero-order valence-corrected chi connectivity index (χ0v) is 13.2. The number of rotatable bonds is 5. The van der Waals surface area contributed by atoms with Gasteiger partial charge in [0, 0.05) is 17.8 Å². The first kappa shape index (κ1) is 16.5. The van der Waals surface area contributed by atoms with Gasteiger partial charge in [-0.2, -0.15) is 0 Å². The van der Waals surface area contributed by atoms with Gasteiger partial charge in [-0.05, 0) is 50.1 Å². The van der Waals surface area contributed by atoms with Crippen molar-refractivity contribution in [2.24, 2.45) is 0 Å². The van der Waals surface area contributed by atoms with Crippen LogP contribution in [0.5, 0.6) is 5.75 Å². The minimum absolute atomic E-state index is 0.00967. The van der Waals surface area contributed by atoms with E-state index in [-0.39, 0.29) is 11.6 Å². The summed E-state index contributed by atoms with van der Waals surface area (Å²) in [7, 11) is 0. The van der Waals surface area contributed by atoms with Crippen LogP contribution >= 0.6 is 0 Å². The first-order valence-electron chi connectivity index (χ1n) is 7.16. The van der Waals surface area contributed by atoms with Crippen LogP contribution in [0.3, 0.4) is 0 Å². The Labute approximate surface area is 134 Å². The molecule has 0 spiro atoms. The number of carbonyl (C=O) groups is 1. The normalized spacial score (nSPS) is 11.6. The van der Waals surface area contributed by atoms with Crippen molar-refractivity contribution in [1.29, 1.82) is 0 Å². The molecule has 0 fully saturated rings. The summed E-state index contributed by atoms with van der Waals surface area (Å²) in [5.41, 5.74) is 2.18. The highest BCUT2D eigenvalue weighted by molar-refractivity contribution is 5.94. The van der Waals surface area contributed by atoms with E-state index in [1.165, 1.54) is 18.2 Å². The van der Waals surface area contributed by atoms with Crippen LogP contribution in [0, 0.1) is 24.0 Å². The number of nitrogens with zero attached hydrogens (tertiary/aromatic N) is 1. The van der Waals surface area contributed by atoms with E-state index in [0.29, 0.717) is 17.0 Å². The molecule has 0 saturated heterocycles. The number of amides is 1. The number of ether oxygens (including phenoxy) is 1. The van der Waals surface area contributed by atoms with E-state index in [0.717, 1.165) is 5.56 Å². The highest BCUT2D eigenvalue weighted by Gasteiger charge is 2.17. The van der Waals surface area contributed by atoms with Crippen molar-refractivity contribution in [3.63, 3.8) is 0 Å². The van der Waals surface area contributed by atoms with Crippen molar-refractivity contribution < 1.29 is 14.5 Å². The highest BCUT2D eigenvalue weighted by Crippen LogP contribution is 2.22. The number of nitro groups is 1. The fraction of sp³-hybridized carbons (Fsp3) is 0.235. The molecule has 0 bridgehead atoms. The Hall–Kier alpha value is -2.89. The highest BCUT2D eigenvalue weighted by atomic mass is 16.6. The number of carbonyl (C=O) groups excluding carboxylic acids is 1. The third kappa shape index (κ3) is 4.29. The Morgan fingerprint density at radius 3 is 2.57 bits per heavy atom. The van der Waals surface area contributed by atoms with E-state index >= 15 is 0 Å². The largest absolute Gasteiger partial charge is 0.481 e. The van der Waals surface area contributed by atoms with Gasteiger partial charge in [-0.1, -0.05) is 12.1 Å². The molecule has 0 heterocycles. The van der Waals surface area contributed by atoms with E-state index in [9.17, 15) is 14.9 Å². The molecule has 0 saturated carbocycles. The van der Waals surface area contributed by atoms with Crippen LogP contribution < -0.4 is 10.1 Å². The molecule has 0 unspecified atom stereocenters. The van der Waals surface area contributed by atoms with Crippen molar-refractivity contribution in [2.75, 3.05) is 5.32 Å². The molecule has 0 aliphatic heterocycles. The minimum Gasteiger partial charge on any atom is -0.481 e. The Bertz CT molecular complexity index is 743. The van der Waals surface area contributed by atoms with Gasteiger partial charge in [0.15, 0.2) is 6.10 Å². The monoisotopic (exact) mass is 314 g/mol. The lowest BCUT2D eigenvalue weighted by Gasteiger charge is -2.16. The Balaban J connectivity index is 2.05. The summed E-state index contributed by atoms with van der Waals surface area (Å²) in [6, 6.07) is 11.7. The van der Waals surface area contributed by atoms with Crippen LogP contribution in [-0.2, 0) is 4.79 Å². The number of benzene rings is 2. The molecule has 2 aromatic carbocycles. The molecule has 0 radical (unpaired) electrons. The molecular formula is C17H18N2O4. The van der Waals surface area contributed by atoms with E-state index in [2.05, 4.69) is 5.32 Å². The minimum atomic E-state index is -0.689. The molecule has 1 amide bonds. The maximum Gasteiger partial charge on any atom is 0.269 e. The molecule has 2 aromatic rings. The third-order valence-corrected chi connectivity index (χ3v) is 3.35. The predicted octanol–water partition coefficient (Wildman–Crippen LogP) is 3.62. The van der Waals surface area contributed by atoms with Crippen molar-refractivity contribution >= 4 is 17.3 Å². The summed E-state index contributed by atoms with van der Waals surface area (Å²) in [5.74, 6) is 0.302. The maximum atomic E-state index is 12.2. The molecule has 120 valence electrons. The average molecular weight is 314 g/mol. The summed E-state index contributed by atoms with van der Waals surface area (Å²) in [4.78, 5) is 22.5. The molecule has 6 heteroatoms. The van der Waals surface area contributed by atoms with Crippen LogP contribution in [0.1, 0.15) is 18.1 Å². The van der Waals surface area contributed by atoms with Crippen LogP contribution in [0.2, 0.25) is 0 Å². The van der Waals surface area contributed by atoms with E-state index in [1.54, 1.807) is 19.9 Å². The lowest BCUT2D eigenvalue weighted by atomic mass is 10.1. The number of hydrogen-bond donors (Lipinski definition) is 1. The number of non-ortho nitro benzene ring substituents is 1. The van der Waals surface area contributed by atoms with Crippen LogP contribution in [0.25, 0.3) is 0 Å². The first-order valence-corrected chi connectivity index (χ1v) is 7.16. The number of hydrogen-bond acceptors (Lipinski definition) is 4. The van der Waals surface area contributed by atoms with E-state index in [4.69, 9.17) is 4.74 Å². The summed E-state index contributed by atoms with van der Waals surface area (Å²) in [5, 5.41) is 13.4. The Morgan fingerprint density at radius 1 is 1.22 bits per heavy atom. The van der Waals surface area contributed by atoms with Crippen LogP contribution in [-0.4, -0.2) is 16.9 Å². The second kappa shape index (κ2) is 6.91. The summed E-state index contributed by atoms with van der Waals surface area (Å²) < 4.78 is 5.61. The fourth-order valence-electron chi connectivity index (χ4n) is 2.08. The molecule has 23 heavy (non-hydrogen) atoms. The molecule has 0 aliphatic carbocycles. The summed E-state index contributed by atoms with van der Waals surface area (Å²) in [6.07, 6.45) is -0.689. The van der Waals surface area contributed by atoms with Crippen molar-refractivity contribution in [3.8, 4) is 5.75 Å². The van der Waals surface area contributed by atoms with Gasteiger partial charge < -0.3 is 10.1 Å². The molecule has 0 aliphatic rings. The molecule has 1 N–H and O–H groups in total. The number of nitrogens with one attached hydrogen (secondary N) is 1. The Kier molecular flexibility index (Phi) is 4.95. The predicted molar refractivity (Wildman–Crippen MR) is 87.7 cm³/mol. The van der Waals surface area contributed by atoms with Gasteiger partial charge in [-0.3, -0.25) is 14.9 Å². The smallest absolute Gasteiger partial charge is 0.269 e. The first-order chi connectivity index (χ1) is 10.9. The van der Waals surface area contributed by atoms with Crippen molar-refractivity contribution in [3.05, 3.63) is 63.7 Å². The lowest BCUT2D eigenvalue weighted by molar-refractivity contribution is -0.384. The number of nitro benzene ring substituents is 1. The fourth-order valence-corrected chi connectivity index (χ4v) is 2.08. The third-order valence-electron chi connectivity index (χ3n) is 3.35. The van der Waals surface area contributed by atoms with Gasteiger partial charge in [-0.15, -0.1) is 0 Å². The summed E-state index contributed by atoms with van der Waals surface area (Å²) >= 11 is 0. The second-order valence-electron chi connectivity index (χ2n) is 5.32.